The van der Waals surface area contributed by atoms with Crippen LogP contribution in [0.2, 0.25) is 0 Å². The van der Waals surface area contributed by atoms with Crippen molar-refractivity contribution in [3.8, 4) is 11.5 Å². The van der Waals surface area contributed by atoms with Crippen LogP contribution in [-0.4, -0.2) is 25.9 Å². The number of anilines is 2. The lowest BCUT2D eigenvalue weighted by atomic mass is 10.00. The van der Waals surface area contributed by atoms with Gasteiger partial charge in [-0.2, -0.15) is 0 Å². The lowest BCUT2D eigenvalue weighted by Crippen LogP contribution is -2.38. The van der Waals surface area contributed by atoms with Gasteiger partial charge in [0.15, 0.2) is 5.11 Å². The second kappa shape index (κ2) is 7.09. The van der Waals surface area contributed by atoms with Crippen molar-refractivity contribution in [1.29, 1.82) is 0 Å². The number of ether oxygens (including phenoxy) is 2. The zero-order valence-electron chi connectivity index (χ0n) is 14.3. The van der Waals surface area contributed by atoms with Crippen LogP contribution in [0.25, 0.3) is 0 Å². The first kappa shape index (κ1) is 16.6. The molecular formula is C19H22N2O2S. The highest BCUT2D eigenvalue weighted by Gasteiger charge is 2.20. The summed E-state index contributed by atoms with van der Waals surface area (Å²) in [5, 5.41) is 4.00. The summed E-state index contributed by atoms with van der Waals surface area (Å²) >= 11 is 5.66. The van der Waals surface area contributed by atoms with Crippen molar-refractivity contribution in [2.45, 2.75) is 19.8 Å². The Hall–Kier alpha value is -2.27. The van der Waals surface area contributed by atoms with Gasteiger partial charge in [-0.1, -0.05) is 17.7 Å². The second-order valence-corrected chi connectivity index (χ2v) is 6.31. The molecule has 24 heavy (non-hydrogen) atoms. The minimum Gasteiger partial charge on any atom is -0.497 e. The Balaban J connectivity index is 1.84. The summed E-state index contributed by atoms with van der Waals surface area (Å²) in [6.45, 7) is 3.04. The highest BCUT2D eigenvalue weighted by atomic mass is 32.1. The molecule has 126 valence electrons. The van der Waals surface area contributed by atoms with Crippen molar-refractivity contribution in [3.63, 3.8) is 0 Å². The molecule has 0 saturated heterocycles. The Morgan fingerprint density at radius 3 is 2.46 bits per heavy atom. The topological polar surface area (TPSA) is 33.7 Å². The zero-order valence-corrected chi connectivity index (χ0v) is 15.1. The second-order valence-electron chi connectivity index (χ2n) is 5.92. The smallest absolute Gasteiger partial charge is 0.177 e. The zero-order chi connectivity index (χ0) is 17.1. The molecule has 0 unspecified atom stereocenters. The number of methoxy groups -OCH3 is 2. The molecule has 2 aromatic carbocycles. The number of nitrogens with zero attached hydrogens (tertiary/aromatic N) is 1. The van der Waals surface area contributed by atoms with Gasteiger partial charge in [0.05, 0.1) is 14.2 Å². The van der Waals surface area contributed by atoms with Crippen LogP contribution in [0, 0.1) is 6.92 Å². The first-order valence-corrected chi connectivity index (χ1v) is 8.42. The molecule has 0 bridgehead atoms. The number of nitrogens with one attached hydrogen (secondary N) is 1. The lowest BCUT2D eigenvalue weighted by molar-refractivity contribution is 0.395. The molecule has 1 aliphatic heterocycles. The van der Waals surface area contributed by atoms with Gasteiger partial charge in [-0.15, -0.1) is 0 Å². The molecule has 5 heteroatoms. The fourth-order valence-electron chi connectivity index (χ4n) is 3.01. The average molecular weight is 342 g/mol. The number of benzene rings is 2. The summed E-state index contributed by atoms with van der Waals surface area (Å²) in [5.41, 5.74) is 4.69. The quantitative estimate of drug-likeness (QED) is 0.847. The van der Waals surface area contributed by atoms with E-state index in [4.69, 9.17) is 21.7 Å². The third-order valence-corrected chi connectivity index (χ3v) is 4.52. The predicted molar refractivity (Wildman–Crippen MR) is 103 cm³/mol. The van der Waals surface area contributed by atoms with E-state index in [1.807, 2.05) is 18.2 Å². The van der Waals surface area contributed by atoms with Gasteiger partial charge < -0.3 is 19.7 Å². The summed E-state index contributed by atoms with van der Waals surface area (Å²) in [7, 11) is 3.28. The number of thiocarbonyl (C=S) groups is 1. The Bertz CT molecular complexity index is 739. The molecule has 3 rings (SSSR count). The van der Waals surface area contributed by atoms with Crippen LogP contribution >= 0.6 is 12.2 Å². The molecule has 1 heterocycles. The minimum atomic E-state index is 0.690. The fraction of sp³-hybridized carbons (Fsp3) is 0.316. The van der Waals surface area contributed by atoms with E-state index in [0.29, 0.717) is 5.11 Å². The van der Waals surface area contributed by atoms with E-state index in [0.717, 1.165) is 36.6 Å². The number of rotatable bonds is 3. The molecule has 0 amide bonds. The van der Waals surface area contributed by atoms with Crippen molar-refractivity contribution in [1.82, 2.24) is 0 Å². The Morgan fingerprint density at radius 1 is 1.08 bits per heavy atom. The highest BCUT2D eigenvalue weighted by Crippen LogP contribution is 2.30. The normalized spacial score (nSPS) is 13.2. The maximum Gasteiger partial charge on any atom is 0.177 e. The first-order chi connectivity index (χ1) is 11.6. The number of fused-ring (bicyclic) bond motifs is 1. The molecule has 0 aromatic heterocycles. The van der Waals surface area contributed by atoms with E-state index >= 15 is 0 Å². The van der Waals surface area contributed by atoms with Crippen LogP contribution in [0.15, 0.2) is 36.4 Å². The fourth-order valence-corrected chi connectivity index (χ4v) is 3.31. The number of hydrogen-bond acceptors (Lipinski definition) is 3. The van der Waals surface area contributed by atoms with Gasteiger partial charge >= 0.3 is 0 Å². The van der Waals surface area contributed by atoms with Gasteiger partial charge in [0, 0.05) is 36.1 Å². The molecule has 2 aromatic rings. The number of hydrogen-bond donors (Lipinski definition) is 1. The number of aryl methyl sites for hydroxylation is 2. The molecule has 0 saturated carbocycles. The average Bonchev–Trinajstić information content (AvgIpc) is 2.60. The van der Waals surface area contributed by atoms with Gasteiger partial charge in [0.1, 0.15) is 11.5 Å². The third kappa shape index (κ3) is 3.46. The highest BCUT2D eigenvalue weighted by molar-refractivity contribution is 7.80. The van der Waals surface area contributed by atoms with E-state index in [2.05, 4.69) is 35.3 Å². The molecule has 0 radical (unpaired) electrons. The predicted octanol–water partition coefficient (Wildman–Crippen LogP) is 4.16. The standard InChI is InChI=1S/C19H22N2O2S/c1-13-6-7-18-14(9-13)5-4-8-21(18)19(24)20-15-10-16(22-2)12-17(11-15)23-3/h6-7,9-12H,4-5,8H2,1-3H3,(H,20,24). The SMILES string of the molecule is COc1cc(NC(=S)N2CCCc3cc(C)ccc32)cc(OC)c1. The van der Waals surface area contributed by atoms with Gasteiger partial charge in [-0.05, 0) is 43.6 Å². The van der Waals surface area contributed by atoms with Crippen molar-refractivity contribution in [3.05, 3.63) is 47.5 Å². The summed E-state index contributed by atoms with van der Waals surface area (Å²) < 4.78 is 10.6. The largest absolute Gasteiger partial charge is 0.497 e. The van der Waals surface area contributed by atoms with Crippen LogP contribution in [-0.2, 0) is 6.42 Å². The summed E-state index contributed by atoms with van der Waals surface area (Å²) in [6.07, 6.45) is 2.20. The monoisotopic (exact) mass is 342 g/mol. The summed E-state index contributed by atoms with van der Waals surface area (Å²) in [4.78, 5) is 2.17. The van der Waals surface area contributed by atoms with Crippen LogP contribution in [0.1, 0.15) is 17.5 Å². The van der Waals surface area contributed by atoms with E-state index < -0.39 is 0 Å². The Labute approximate surface area is 148 Å². The molecule has 0 atom stereocenters. The minimum absolute atomic E-state index is 0.690. The molecule has 0 aliphatic carbocycles. The maximum atomic E-state index is 5.66. The molecule has 0 fully saturated rings. The molecular weight excluding hydrogens is 320 g/mol. The van der Waals surface area contributed by atoms with Crippen molar-refractivity contribution >= 4 is 28.7 Å². The maximum absolute atomic E-state index is 5.66. The van der Waals surface area contributed by atoms with E-state index in [-0.39, 0.29) is 0 Å². The third-order valence-electron chi connectivity index (χ3n) is 4.20. The Kier molecular flexibility index (Phi) is 4.90. The van der Waals surface area contributed by atoms with E-state index in [1.54, 1.807) is 14.2 Å². The van der Waals surface area contributed by atoms with Gasteiger partial charge in [-0.3, -0.25) is 0 Å². The molecule has 0 spiro atoms. The van der Waals surface area contributed by atoms with E-state index in [1.165, 1.54) is 16.8 Å². The van der Waals surface area contributed by atoms with Crippen LogP contribution < -0.4 is 19.7 Å². The van der Waals surface area contributed by atoms with Crippen molar-refractivity contribution in [2.24, 2.45) is 0 Å². The van der Waals surface area contributed by atoms with Crippen LogP contribution in [0.5, 0.6) is 11.5 Å². The van der Waals surface area contributed by atoms with Crippen LogP contribution in [0.4, 0.5) is 11.4 Å². The molecule has 4 nitrogen and oxygen atoms in total. The summed E-state index contributed by atoms with van der Waals surface area (Å²) in [5.74, 6) is 1.46. The van der Waals surface area contributed by atoms with Crippen molar-refractivity contribution in [2.75, 3.05) is 31.0 Å². The van der Waals surface area contributed by atoms with Crippen LogP contribution in [0.3, 0.4) is 0 Å². The first-order valence-electron chi connectivity index (χ1n) is 8.02. The van der Waals surface area contributed by atoms with Crippen molar-refractivity contribution < 1.29 is 9.47 Å². The summed E-state index contributed by atoms with van der Waals surface area (Å²) in [6, 6.07) is 12.2. The van der Waals surface area contributed by atoms with Gasteiger partial charge in [0.2, 0.25) is 0 Å². The van der Waals surface area contributed by atoms with E-state index in [9.17, 15) is 0 Å². The molecule has 1 aliphatic rings. The lowest BCUT2D eigenvalue weighted by Gasteiger charge is -2.32. The molecule has 1 N–H and O–H groups in total. The Morgan fingerprint density at radius 2 is 1.79 bits per heavy atom. The van der Waals surface area contributed by atoms with Gasteiger partial charge in [0.25, 0.3) is 0 Å². The van der Waals surface area contributed by atoms with Gasteiger partial charge in [-0.25, -0.2) is 0 Å².